The number of halogens is 3. The van der Waals surface area contributed by atoms with Crippen LogP contribution < -0.4 is 10.9 Å². The van der Waals surface area contributed by atoms with Gasteiger partial charge in [0.25, 0.3) is 5.56 Å². The molecule has 1 aliphatic rings. The van der Waals surface area contributed by atoms with Gasteiger partial charge in [0.2, 0.25) is 0 Å². The number of H-pyrrole nitrogens is 1. The summed E-state index contributed by atoms with van der Waals surface area (Å²) < 4.78 is 37.5. The predicted molar refractivity (Wildman–Crippen MR) is 59.2 cm³/mol. The molecule has 1 saturated heterocycles. The number of hydrogen-bond acceptors (Lipinski definition) is 3. The second-order valence-corrected chi connectivity index (χ2v) is 4.47. The average Bonchev–Trinajstić information content (AvgIpc) is 2.28. The lowest BCUT2D eigenvalue weighted by Gasteiger charge is -2.22. The van der Waals surface area contributed by atoms with Gasteiger partial charge in [-0.3, -0.25) is 4.79 Å². The molecule has 0 aromatic carbocycles. The molecule has 2 heterocycles. The largest absolute Gasteiger partial charge is 0.433 e. The highest BCUT2D eigenvalue weighted by molar-refractivity contribution is 5.07. The Hall–Kier alpha value is -1.37. The Kier molecular flexibility index (Phi) is 3.70. The van der Waals surface area contributed by atoms with Crippen molar-refractivity contribution in [1.82, 2.24) is 15.3 Å². The number of alkyl halides is 3. The van der Waals surface area contributed by atoms with E-state index in [0.29, 0.717) is 12.5 Å². The maximum Gasteiger partial charge on any atom is 0.433 e. The quantitative estimate of drug-likeness (QED) is 0.844. The van der Waals surface area contributed by atoms with Crippen LogP contribution in [0.25, 0.3) is 0 Å². The van der Waals surface area contributed by atoms with E-state index in [1.807, 2.05) is 0 Å². The molecule has 18 heavy (non-hydrogen) atoms. The van der Waals surface area contributed by atoms with E-state index in [1.54, 1.807) is 0 Å². The van der Waals surface area contributed by atoms with Gasteiger partial charge in [0, 0.05) is 12.5 Å². The molecule has 2 rings (SSSR count). The van der Waals surface area contributed by atoms with E-state index in [1.165, 1.54) is 0 Å². The van der Waals surface area contributed by atoms with E-state index in [9.17, 15) is 18.0 Å². The van der Waals surface area contributed by atoms with Gasteiger partial charge >= 0.3 is 6.18 Å². The summed E-state index contributed by atoms with van der Waals surface area (Å²) in [5.41, 5.74) is -1.86. The summed E-state index contributed by atoms with van der Waals surface area (Å²) in [6.07, 6.45) is -2.40. The van der Waals surface area contributed by atoms with Crippen molar-refractivity contribution in [2.75, 3.05) is 13.1 Å². The molecule has 1 aromatic heterocycles. The van der Waals surface area contributed by atoms with Crippen molar-refractivity contribution in [3.8, 4) is 0 Å². The van der Waals surface area contributed by atoms with Crippen LogP contribution in [-0.2, 0) is 12.6 Å². The van der Waals surface area contributed by atoms with Crippen LogP contribution in [0.4, 0.5) is 13.2 Å². The Labute approximate surface area is 102 Å². The fourth-order valence-corrected chi connectivity index (χ4v) is 2.11. The number of aromatic amines is 1. The molecule has 0 radical (unpaired) electrons. The smallest absolute Gasteiger partial charge is 0.317 e. The standard InChI is InChI=1S/C11H14F3N3O/c12-11(13,14)8-6-10(18)17-9(16-8)5-7-1-3-15-4-2-7/h6-7,15H,1-5H2,(H,16,17,18). The molecule has 1 fully saturated rings. The van der Waals surface area contributed by atoms with E-state index in [0.717, 1.165) is 25.9 Å². The van der Waals surface area contributed by atoms with Crippen molar-refractivity contribution in [3.05, 3.63) is 27.9 Å². The zero-order valence-electron chi connectivity index (χ0n) is 9.68. The minimum absolute atomic E-state index is 0.127. The summed E-state index contributed by atoms with van der Waals surface area (Å²) in [5.74, 6) is 0.402. The Bertz CT molecular complexity index is 463. The fraction of sp³-hybridized carbons (Fsp3) is 0.636. The van der Waals surface area contributed by atoms with E-state index in [-0.39, 0.29) is 11.7 Å². The Morgan fingerprint density at radius 2 is 2.00 bits per heavy atom. The molecule has 2 N–H and O–H groups in total. The summed E-state index contributed by atoms with van der Waals surface area (Å²) in [4.78, 5) is 17.1. The first-order chi connectivity index (χ1) is 8.45. The van der Waals surface area contributed by atoms with Gasteiger partial charge in [0.1, 0.15) is 5.82 Å². The van der Waals surface area contributed by atoms with Crippen LogP contribution in [0.15, 0.2) is 10.9 Å². The van der Waals surface area contributed by atoms with E-state index in [2.05, 4.69) is 15.3 Å². The molecular weight excluding hydrogens is 247 g/mol. The van der Waals surface area contributed by atoms with Crippen LogP contribution >= 0.6 is 0 Å². The number of piperidine rings is 1. The molecular formula is C11H14F3N3O. The van der Waals surface area contributed by atoms with Crippen molar-refractivity contribution in [1.29, 1.82) is 0 Å². The van der Waals surface area contributed by atoms with Crippen LogP contribution in [-0.4, -0.2) is 23.1 Å². The molecule has 0 spiro atoms. The highest BCUT2D eigenvalue weighted by atomic mass is 19.4. The molecule has 1 aliphatic heterocycles. The third-order valence-corrected chi connectivity index (χ3v) is 3.02. The first-order valence-corrected chi connectivity index (χ1v) is 5.83. The number of rotatable bonds is 2. The molecule has 100 valence electrons. The predicted octanol–water partition coefficient (Wildman–Crippen LogP) is 1.33. The van der Waals surface area contributed by atoms with Crippen LogP contribution in [0.5, 0.6) is 0 Å². The molecule has 7 heteroatoms. The third kappa shape index (κ3) is 3.32. The van der Waals surface area contributed by atoms with Crippen molar-refractivity contribution in [2.24, 2.45) is 5.92 Å². The lowest BCUT2D eigenvalue weighted by Crippen LogP contribution is -2.29. The van der Waals surface area contributed by atoms with Crippen molar-refractivity contribution in [2.45, 2.75) is 25.4 Å². The van der Waals surface area contributed by atoms with Gasteiger partial charge in [-0.1, -0.05) is 0 Å². The summed E-state index contributed by atoms with van der Waals surface area (Å²) in [6, 6.07) is 0.492. The second kappa shape index (κ2) is 5.09. The van der Waals surface area contributed by atoms with Crippen molar-refractivity contribution in [3.63, 3.8) is 0 Å². The van der Waals surface area contributed by atoms with Gasteiger partial charge in [0.05, 0.1) is 0 Å². The average molecular weight is 261 g/mol. The first-order valence-electron chi connectivity index (χ1n) is 5.83. The maximum absolute atomic E-state index is 12.5. The van der Waals surface area contributed by atoms with Crippen molar-refractivity contribution >= 4 is 0 Å². The van der Waals surface area contributed by atoms with Gasteiger partial charge < -0.3 is 10.3 Å². The molecule has 0 saturated carbocycles. The lowest BCUT2D eigenvalue weighted by molar-refractivity contribution is -0.141. The monoisotopic (exact) mass is 261 g/mol. The highest BCUT2D eigenvalue weighted by Gasteiger charge is 2.33. The van der Waals surface area contributed by atoms with Crippen LogP contribution in [0.3, 0.4) is 0 Å². The SMILES string of the molecule is O=c1cc(C(F)(F)F)nc(CC2CCNCC2)[nH]1. The number of nitrogens with zero attached hydrogens (tertiary/aromatic N) is 1. The van der Waals surface area contributed by atoms with Gasteiger partial charge in [0.15, 0.2) is 5.69 Å². The third-order valence-electron chi connectivity index (χ3n) is 3.02. The summed E-state index contributed by atoms with van der Waals surface area (Å²) >= 11 is 0. The van der Waals surface area contributed by atoms with Crippen LogP contribution in [0, 0.1) is 5.92 Å². The Balaban J connectivity index is 2.17. The van der Waals surface area contributed by atoms with Crippen molar-refractivity contribution < 1.29 is 13.2 Å². The van der Waals surface area contributed by atoms with E-state index >= 15 is 0 Å². The molecule has 0 unspecified atom stereocenters. The summed E-state index contributed by atoms with van der Waals surface area (Å²) in [6.45, 7) is 1.71. The topological polar surface area (TPSA) is 57.8 Å². The minimum atomic E-state index is -4.57. The van der Waals surface area contributed by atoms with Gasteiger partial charge in [-0.2, -0.15) is 13.2 Å². The first kappa shape index (κ1) is 13.1. The normalized spacial score (nSPS) is 17.9. The molecule has 0 amide bonds. The zero-order valence-corrected chi connectivity index (χ0v) is 9.68. The zero-order chi connectivity index (χ0) is 13.2. The molecule has 4 nitrogen and oxygen atoms in total. The molecule has 0 bridgehead atoms. The van der Waals surface area contributed by atoms with Crippen LogP contribution in [0.1, 0.15) is 24.4 Å². The fourth-order valence-electron chi connectivity index (χ4n) is 2.11. The minimum Gasteiger partial charge on any atom is -0.317 e. The number of nitrogens with one attached hydrogen (secondary N) is 2. The Morgan fingerprint density at radius 3 is 2.61 bits per heavy atom. The van der Waals surface area contributed by atoms with Gasteiger partial charge in [-0.25, -0.2) is 4.98 Å². The molecule has 1 aromatic rings. The summed E-state index contributed by atoms with van der Waals surface area (Å²) in [5, 5.41) is 3.18. The van der Waals surface area contributed by atoms with E-state index < -0.39 is 17.4 Å². The highest BCUT2D eigenvalue weighted by Crippen LogP contribution is 2.26. The molecule has 0 atom stereocenters. The van der Waals surface area contributed by atoms with Gasteiger partial charge in [-0.05, 0) is 31.8 Å². The van der Waals surface area contributed by atoms with Crippen LogP contribution in [0.2, 0.25) is 0 Å². The van der Waals surface area contributed by atoms with Gasteiger partial charge in [-0.15, -0.1) is 0 Å². The Morgan fingerprint density at radius 1 is 1.33 bits per heavy atom. The number of aromatic nitrogens is 2. The van der Waals surface area contributed by atoms with E-state index in [4.69, 9.17) is 0 Å². The summed E-state index contributed by atoms with van der Waals surface area (Å²) in [7, 11) is 0. The maximum atomic E-state index is 12.5. The second-order valence-electron chi connectivity index (χ2n) is 4.47. The number of hydrogen-bond donors (Lipinski definition) is 2. The lowest BCUT2D eigenvalue weighted by atomic mass is 9.94. The molecule has 0 aliphatic carbocycles.